The van der Waals surface area contributed by atoms with Gasteiger partial charge in [-0.05, 0) is 46.2 Å². The number of hydrogen-bond donors (Lipinski definition) is 1. The minimum atomic E-state index is -0.0436. The number of benzene rings is 3. The van der Waals surface area contributed by atoms with Crippen LogP contribution in [0.3, 0.4) is 0 Å². The van der Waals surface area contributed by atoms with Crippen LogP contribution in [0.1, 0.15) is 11.1 Å². The number of rotatable bonds is 5. The van der Waals surface area contributed by atoms with E-state index in [4.69, 9.17) is 16.3 Å². The number of ether oxygens (including phenoxy) is 1. The van der Waals surface area contributed by atoms with Crippen molar-refractivity contribution >= 4 is 28.3 Å². The molecule has 3 aromatic rings. The van der Waals surface area contributed by atoms with Gasteiger partial charge in [-0.15, -0.1) is 0 Å². The lowest BCUT2D eigenvalue weighted by Gasteiger charge is -2.08. The van der Waals surface area contributed by atoms with Gasteiger partial charge in [-0.2, -0.15) is 0 Å². The zero-order chi connectivity index (χ0) is 16.9. The second kappa shape index (κ2) is 7.37. The van der Waals surface area contributed by atoms with E-state index >= 15 is 0 Å². The maximum atomic E-state index is 12.1. The molecule has 3 rings (SSSR count). The van der Waals surface area contributed by atoms with E-state index in [2.05, 4.69) is 11.4 Å². The molecule has 0 aromatic heterocycles. The maximum absolute atomic E-state index is 12.1. The van der Waals surface area contributed by atoms with E-state index in [1.807, 2.05) is 48.5 Å². The highest BCUT2D eigenvalue weighted by atomic mass is 35.5. The van der Waals surface area contributed by atoms with Crippen LogP contribution in [0.15, 0.2) is 60.7 Å². The smallest absolute Gasteiger partial charge is 0.224 e. The summed E-state index contributed by atoms with van der Waals surface area (Å²) in [6.45, 7) is 0.491. The molecule has 0 aliphatic rings. The van der Waals surface area contributed by atoms with Crippen molar-refractivity contribution in [2.75, 3.05) is 7.11 Å². The molecule has 0 heterocycles. The molecule has 0 radical (unpaired) electrons. The normalized spacial score (nSPS) is 10.6. The summed E-state index contributed by atoms with van der Waals surface area (Å²) in [7, 11) is 1.66. The molecule has 0 atom stereocenters. The van der Waals surface area contributed by atoms with Crippen molar-refractivity contribution in [1.29, 1.82) is 0 Å². The first-order valence-corrected chi connectivity index (χ1v) is 8.10. The lowest BCUT2D eigenvalue weighted by molar-refractivity contribution is -0.120. The summed E-state index contributed by atoms with van der Waals surface area (Å²) in [6.07, 6.45) is 0.282. The van der Waals surface area contributed by atoms with Gasteiger partial charge in [-0.25, -0.2) is 0 Å². The Labute approximate surface area is 146 Å². The fourth-order valence-corrected chi connectivity index (χ4v) is 2.79. The Morgan fingerprint density at radius 2 is 1.79 bits per heavy atom. The van der Waals surface area contributed by atoms with Crippen LogP contribution >= 0.6 is 11.6 Å². The van der Waals surface area contributed by atoms with Crippen molar-refractivity contribution in [3.8, 4) is 5.75 Å². The molecule has 0 aliphatic heterocycles. The zero-order valence-corrected chi connectivity index (χ0v) is 14.1. The molecule has 0 bridgehead atoms. The van der Waals surface area contributed by atoms with Crippen molar-refractivity contribution in [3.05, 3.63) is 76.8 Å². The van der Waals surface area contributed by atoms with E-state index in [9.17, 15) is 4.79 Å². The predicted octanol–water partition coefficient (Wildman–Crippen LogP) is 4.36. The van der Waals surface area contributed by atoms with Crippen molar-refractivity contribution in [1.82, 2.24) is 5.32 Å². The van der Waals surface area contributed by atoms with Crippen LogP contribution in [0, 0.1) is 0 Å². The molecule has 0 aliphatic carbocycles. The molecule has 0 fully saturated rings. The van der Waals surface area contributed by atoms with Crippen LogP contribution in [-0.4, -0.2) is 13.0 Å². The van der Waals surface area contributed by atoms with Crippen LogP contribution in [0.4, 0.5) is 0 Å². The van der Waals surface area contributed by atoms with E-state index < -0.39 is 0 Å². The summed E-state index contributed by atoms with van der Waals surface area (Å²) in [5.74, 6) is 0.793. The third-order valence-electron chi connectivity index (χ3n) is 3.91. The van der Waals surface area contributed by atoms with E-state index in [1.54, 1.807) is 13.2 Å². The molecular formula is C20H18ClNO2. The van der Waals surface area contributed by atoms with E-state index in [1.165, 1.54) is 0 Å². The average Bonchev–Trinajstić information content (AvgIpc) is 2.61. The van der Waals surface area contributed by atoms with Gasteiger partial charge in [0.05, 0.1) is 13.5 Å². The van der Waals surface area contributed by atoms with Crippen LogP contribution in [-0.2, 0) is 17.8 Å². The second-order valence-electron chi connectivity index (χ2n) is 5.59. The summed E-state index contributed by atoms with van der Waals surface area (Å²) in [5.41, 5.74) is 1.89. The lowest BCUT2D eigenvalue weighted by Crippen LogP contribution is -2.24. The molecule has 1 amide bonds. The molecule has 0 saturated carbocycles. The SMILES string of the molecule is COc1ccc2cc(CNC(=O)Cc3ccccc3Cl)ccc2c1. The first-order valence-electron chi connectivity index (χ1n) is 7.72. The quantitative estimate of drug-likeness (QED) is 0.750. The predicted molar refractivity (Wildman–Crippen MR) is 97.5 cm³/mol. The first kappa shape index (κ1) is 16.3. The summed E-state index contributed by atoms with van der Waals surface area (Å²) in [4.78, 5) is 12.1. The van der Waals surface area contributed by atoms with Gasteiger partial charge in [-0.1, -0.05) is 48.0 Å². The molecule has 24 heavy (non-hydrogen) atoms. The van der Waals surface area contributed by atoms with Gasteiger partial charge in [0.1, 0.15) is 5.75 Å². The van der Waals surface area contributed by atoms with Crippen LogP contribution in [0.2, 0.25) is 5.02 Å². The van der Waals surface area contributed by atoms with Crippen molar-refractivity contribution < 1.29 is 9.53 Å². The standard InChI is InChI=1S/C20H18ClNO2/c1-24-18-9-8-15-10-14(6-7-16(15)11-18)13-22-20(23)12-17-4-2-3-5-19(17)21/h2-11H,12-13H2,1H3,(H,22,23). The van der Waals surface area contributed by atoms with Crippen LogP contribution < -0.4 is 10.1 Å². The number of nitrogens with one attached hydrogen (secondary N) is 1. The maximum Gasteiger partial charge on any atom is 0.224 e. The fraction of sp³-hybridized carbons (Fsp3) is 0.150. The van der Waals surface area contributed by atoms with Gasteiger partial charge in [0.2, 0.25) is 5.91 Å². The summed E-state index contributed by atoms with van der Waals surface area (Å²) < 4.78 is 5.23. The molecule has 3 aromatic carbocycles. The highest BCUT2D eigenvalue weighted by Gasteiger charge is 2.07. The Bertz CT molecular complexity index is 876. The monoisotopic (exact) mass is 339 g/mol. The molecular weight excluding hydrogens is 322 g/mol. The van der Waals surface area contributed by atoms with Crippen LogP contribution in [0.5, 0.6) is 5.75 Å². The largest absolute Gasteiger partial charge is 0.497 e. The Morgan fingerprint density at radius 3 is 2.58 bits per heavy atom. The molecule has 0 unspecified atom stereocenters. The molecule has 1 N–H and O–H groups in total. The molecule has 3 nitrogen and oxygen atoms in total. The Kier molecular flexibility index (Phi) is 5.02. The molecule has 0 saturated heterocycles. The fourth-order valence-electron chi connectivity index (χ4n) is 2.59. The Morgan fingerprint density at radius 1 is 1.04 bits per heavy atom. The molecule has 122 valence electrons. The highest BCUT2D eigenvalue weighted by molar-refractivity contribution is 6.31. The Hall–Kier alpha value is -2.52. The van der Waals surface area contributed by atoms with Gasteiger partial charge in [-0.3, -0.25) is 4.79 Å². The van der Waals surface area contributed by atoms with Crippen LogP contribution in [0.25, 0.3) is 10.8 Å². The summed E-state index contributed by atoms with van der Waals surface area (Å²) in [5, 5.41) is 5.79. The minimum Gasteiger partial charge on any atom is -0.497 e. The van der Waals surface area contributed by atoms with Crippen molar-refractivity contribution in [2.24, 2.45) is 0 Å². The third kappa shape index (κ3) is 3.87. The van der Waals surface area contributed by atoms with Crippen molar-refractivity contribution in [2.45, 2.75) is 13.0 Å². The minimum absolute atomic E-state index is 0.0436. The highest BCUT2D eigenvalue weighted by Crippen LogP contribution is 2.22. The van der Waals surface area contributed by atoms with Gasteiger partial charge < -0.3 is 10.1 Å². The molecule has 0 spiro atoms. The number of fused-ring (bicyclic) bond motifs is 1. The van der Waals surface area contributed by atoms with Gasteiger partial charge in [0.25, 0.3) is 0 Å². The number of carbonyl (C=O) groups is 1. The van der Waals surface area contributed by atoms with Gasteiger partial charge in [0, 0.05) is 11.6 Å². The van der Waals surface area contributed by atoms with Gasteiger partial charge in [0.15, 0.2) is 0 Å². The number of hydrogen-bond acceptors (Lipinski definition) is 2. The summed E-state index contributed by atoms with van der Waals surface area (Å²) >= 11 is 6.09. The van der Waals surface area contributed by atoms with E-state index in [0.29, 0.717) is 11.6 Å². The van der Waals surface area contributed by atoms with Crippen molar-refractivity contribution in [3.63, 3.8) is 0 Å². The van der Waals surface area contributed by atoms with E-state index in [-0.39, 0.29) is 12.3 Å². The van der Waals surface area contributed by atoms with Gasteiger partial charge >= 0.3 is 0 Å². The lowest BCUT2D eigenvalue weighted by atomic mass is 10.1. The summed E-state index contributed by atoms with van der Waals surface area (Å²) in [6, 6.07) is 19.5. The topological polar surface area (TPSA) is 38.3 Å². The second-order valence-corrected chi connectivity index (χ2v) is 6.00. The van der Waals surface area contributed by atoms with E-state index in [0.717, 1.165) is 27.6 Å². The zero-order valence-electron chi connectivity index (χ0n) is 13.4. The third-order valence-corrected chi connectivity index (χ3v) is 4.28. The number of halogens is 1. The first-order chi connectivity index (χ1) is 11.7. The number of carbonyl (C=O) groups excluding carboxylic acids is 1. The number of amides is 1. The average molecular weight is 340 g/mol. The number of methoxy groups -OCH3 is 1. The molecule has 4 heteroatoms. The Balaban J connectivity index is 1.65.